The number of ether oxygens (including phenoxy) is 1. The summed E-state index contributed by atoms with van der Waals surface area (Å²) in [6, 6.07) is 5.16. The van der Waals surface area contributed by atoms with Crippen molar-refractivity contribution in [3.63, 3.8) is 0 Å². The topological polar surface area (TPSA) is 52.3 Å². The second-order valence-electron chi connectivity index (χ2n) is 5.00. The molecule has 1 aromatic heterocycles. The number of aromatic nitrogens is 1. The van der Waals surface area contributed by atoms with Crippen LogP contribution >= 0.6 is 0 Å². The number of oxazole rings is 1. The van der Waals surface area contributed by atoms with Crippen LogP contribution in [-0.4, -0.2) is 11.0 Å². The number of carbonyl (C=O) groups is 1. The molecule has 1 heterocycles. The van der Waals surface area contributed by atoms with Gasteiger partial charge in [-0.25, -0.2) is 4.98 Å². The van der Waals surface area contributed by atoms with E-state index in [4.69, 9.17) is 9.15 Å². The number of hydrogen-bond donors (Lipinski definition) is 0. The zero-order valence-corrected chi connectivity index (χ0v) is 10.4. The van der Waals surface area contributed by atoms with Gasteiger partial charge in [-0.2, -0.15) is 0 Å². The highest BCUT2D eigenvalue weighted by molar-refractivity contribution is 5.80. The Balaban J connectivity index is 2.28. The lowest BCUT2D eigenvalue weighted by Gasteiger charge is -2.15. The molecule has 0 aliphatic heterocycles. The van der Waals surface area contributed by atoms with Crippen molar-refractivity contribution < 1.29 is 13.9 Å². The number of esters is 1. The summed E-state index contributed by atoms with van der Waals surface area (Å²) in [6.45, 7) is 7.22. The molecule has 0 N–H and O–H groups in total. The van der Waals surface area contributed by atoms with Crippen LogP contribution in [0.15, 0.2) is 22.6 Å². The van der Waals surface area contributed by atoms with E-state index in [1.807, 2.05) is 20.8 Å². The second kappa shape index (κ2) is 3.87. The standard InChI is InChI=1S/C13H15NO3/c1-8-14-10-7-9(5-6-11(10)16-8)17-12(15)13(2,3)4/h5-7H,1-4H3. The summed E-state index contributed by atoms with van der Waals surface area (Å²) in [5.41, 5.74) is 0.870. The van der Waals surface area contributed by atoms with Crippen LogP contribution in [0.1, 0.15) is 26.7 Å². The molecule has 2 rings (SSSR count). The van der Waals surface area contributed by atoms with Gasteiger partial charge in [-0.1, -0.05) is 0 Å². The molecule has 0 radical (unpaired) electrons. The van der Waals surface area contributed by atoms with Crippen molar-refractivity contribution in [2.45, 2.75) is 27.7 Å². The minimum Gasteiger partial charge on any atom is -0.441 e. The molecule has 0 unspecified atom stereocenters. The maximum Gasteiger partial charge on any atom is 0.316 e. The maximum absolute atomic E-state index is 11.7. The minimum atomic E-state index is -0.519. The molecule has 0 saturated heterocycles. The van der Waals surface area contributed by atoms with Crippen LogP contribution < -0.4 is 4.74 Å². The number of benzene rings is 1. The number of aryl methyl sites for hydroxylation is 1. The molecular formula is C13H15NO3. The van der Waals surface area contributed by atoms with Gasteiger partial charge in [0.25, 0.3) is 0 Å². The Bertz CT molecular complexity index is 564. The van der Waals surface area contributed by atoms with E-state index in [0.29, 0.717) is 22.7 Å². The van der Waals surface area contributed by atoms with E-state index in [-0.39, 0.29) is 5.97 Å². The van der Waals surface area contributed by atoms with Crippen molar-refractivity contribution in [2.75, 3.05) is 0 Å². The Morgan fingerprint density at radius 2 is 2.06 bits per heavy atom. The first kappa shape index (κ1) is 11.6. The molecule has 4 nitrogen and oxygen atoms in total. The maximum atomic E-state index is 11.7. The molecule has 0 fully saturated rings. The average molecular weight is 233 g/mol. The number of nitrogens with zero attached hydrogens (tertiary/aromatic N) is 1. The molecule has 0 aliphatic carbocycles. The van der Waals surface area contributed by atoms with Crippen LogP contribution in [0.5, 0.6) is 5.75 Å². The van der Waals surface area contributed by atoms with Gasteiger partial charge in [0.05, 0.1) is 5.41 Å². The number of rotatable bonds is 1. The Kier molecular flexibility index (Phi) is 2.65. The van der Waals surface area contributed by atoms with Crippen molar-refractivity contribution in [3.05, 3.63) is 24.1 Å². The summed E-state index contributed by atoms with van der Waals surface area (Å²) in [6.07, 6.45) is 0. The Hall–Kier alpha value is -1.84. The fourth-order valence-corrected chi connectivity index (χ4v) is 1.35. The second-order valence-corrected chi connectivity index (χ2v) is 5.00. The SMILES string of the molecule is Cc1nc2cc(OC(=O)C(C)(C)C)ccc2o1. The Morgan fingerprint density at radius 3 is 2.71 bits per heavy atom. The molecule has 0 amide bonds. The summed E-state index contributed by atoms with van der Waals surface area (Å²) >= 11 is 0. The Labute approximate surface area is 99.6 Å². The molecule has 90 valence electrons. The van der Waals surface area contributed by atoms with E-state index in [9.17, 15) is 4.79 Å². The van der Waals surface area contributed by atoms with Crippen molar-refractivity contribution in [1.29, 1.82) is 0 Å². The van der Waals surface area contributed by atoms with E-state index in [1.165, 1.54) is 0 Å². The molecule has 0 spiro atoms. The van der Waals surface area contributed by atoms with Crippen LogP contribution in [0.4, 0.5) is 0 Å². The van der Waals surface area contributed by atoms with E-state index in [0.717, 1.165) is 0 Å². The first-order valence-electron chi connectivity index (χ1n) is 5.46. The van der Waals surface area contributed by atoms with Gasteiger partial charge >= 0.3 is 5.97 Å². The Morgan fingerprint density at radius 1 is 1.35 bits per heavy atom. The van der Waals surface area contributed by atoms with Crippen LogP contribution in [0.25, 0.3) is 11.1 Å². The van der Waals surface area contributed by atoms with Gasteiger partial charge in [0, 0.05) is 13.0 Å². The summed E-state index contributed by atoms with van der Waals surface area (Å²) in [5.74, 6) is 0.821. The lowest BCUT2D eigenvalue weighted by Crippen LogP contribution is -2.25. The fraction of sp³-hybridized carbons (Fsp3) is 0.385. The van der Waals surface area contributed by atoms with Crippen molar-refractivity contribution in [2.24, 2.45) is 5.41 Å². The summed E-state index contributed by atoms with van der Waals surface area (Å²) in [5, 5.41) is 0. The van der Waals surface area contributed by atoms with Gasteiger partial charge in [-0.3, -0.25) is 4.79 Å². The van der Waals surface area contributed by atoms with Crippen LogP contribution in [0, 0.1) is 12.3 Å². The smallest absolute Gasteiger partial charge is 0.316 e. The van der Waals surface area contributed by atoms with Crippen molar-refractivity contribution in [3.8, 4) is 5.75 Å². The molecule has 0 saturated carbocycles. The summed E-state index contributed by atoms with van der Waals surface area (Å²) in [7, 11) is 0. The minimum absolute atomic E-state index is 0.267. The summed E-state index contributed by atoms with van der Waals surface area (Å²) < 4.78 is 10.6. The molecule has 4 heteroatoms. The molecular weight excluding hydrogens is 218 g/mol. The third kappa shape index (κ3) is 2.46. The highest BCUT2D eigenvalue weighted by Crippen LogP contribution is 2.24. The number of carbonyl (C=O) groups excluding carboxylic acids is 1. The van der Waals surface area contributed by atoms with Crippen LogP contribution in [-0.2, 0) is 4.79 Å². The molecule has 1 aromatic carbocycles. The zero-order chi connectivity index (χ0) is 12.6. The monoisotopic (exact) mass is 233 g/mol. The van der Waals surface area contributed by atoms with Crippen LogP contribution in [0.3, 0.4) is 0 Å². The largest absolute Gasteiger partial charge is 0.441 e. The van der Waals surface area contributed by atoms with Gasteiger partial charge in [0.2, 0.25) is 0 Å². The van der Waals surface area contributed by atoms with E-state index in [1.54, 1.807) is 25.1 Å². The molecule has 17 heavy (non-hydrogen) atoms. The normalized spacial score (nSPS) is 11.8. The molecule has 0 aliphatic rings. The zero-order valence-electron chi connectivity index (χ0n) is 10.4. The van der Waals surface area contributed by atoms with Gasteiger partial charge in [0.15, 0.2) is 11.5 Å². The predicted molar refractivity (Wildman–Crippen MR) is 63.8 cm³/mol. The van der Waals surface area contributed by atoms with E-state index < -0.39 is 5.41 Å². The predicted octanol–water partition coefficient (Wildman–Crippen LogP) is 3.09. The molecule has 0 atom stereocenters. The number of fused-ring (bicyclic) bond motifs is 1. The average Bonchev–Trinajstić information content (AvgIpc) is 2.55. The molecule has 0 bridgehead atoms. The lowest BCUT2D eigenvalue weighted by molar-refractivity contribution is -0.142. The number of hydrogen-bond acceptors (Lipinski definition) is 4. The third-order valence-corrected chi connectivity index (χ3v) is 2.29. The van der Waals surface area contributed by atoms with Gasteiger partial charge < -0.3 is 9.15 Å². The first-order valence-corrected chi connectivity index (χ1v) is 5.46. The fourth-order valence-electron chi connectivity index (χ4n) is 1.35. The van der Waals surface area contributed by atoms with Crippen molar-refractivity contribution in [1.82, 2.24) is 4.98 Å². The highest BCUT2D eigenvalue weighted by Gasteiger charge is 2.23. The third-order valence-electron chi connectivity index (χ3n) is 2.29. The van der Waals surface area contributed by atoms with Gasteiger partial charge in [0.1, 0.15) is 11.3 Å². The van der Waals surface area contributed by atoms with E-state index in [2.05, 4.69) is 4.98 Å². The lowest BCUT2D eigenvalue weighted by atomic mass is 9.97. The quantitative estimate of drug-likeness (QED) is 0.561. The van der Waals surface area contributed by atoms with Crippen molar-refractivity contribution >= 4 is 17.1 Å². The molecule has 2 aromatic rings. The first-order chi connectivity index (χ1) is 7.86. The van der Waals surface area contributed by atoms with Gasteiger partial charge in [-0.05, 0) is 32.9 Å². The summed E-state index contributed by atoms with van der Waals surface area (Å²) in [4.78, 5) is 15.9. The highest BCUT2D eigenvalue weighted by atomic mass is 16.5. The van der Waals surface area contributed by atoms with Gasteiger partial charge in [-0.15, -0.1) is 0 Å². The van der Waals surface area contributed by atoms with Crippen LogP contribution in [0.2, 0.25) is 0 Å². The van der Waals surface area contributed by atoms with E-state index >= 15 is 0 Å².